The summed E-state index contributed by atoms with van der Waals surface area (Å²) >= 11 is 0. The Bertz CT molecular complexity index is 1310. The highest BCUT2D eigenvalue weighted by Crippen LogP contribution is 2.33. The Kier molecular flexibility index (Phi) is 3.91. The van der Waals surface area contributed by atoms with E-state index in [4.69, 9.17) is 4.98 Å². The van der Waals surface area contributed by atoms with Crippen molar-refractivity contribution in [2.24, 2.45) is 0 Å². The van der Waals surface area contributed by atoms with Gasteiger partial charge in [-0.2, -0.15) is 0 Å². The number of carbonyl (C=O) groups excluding carboxylic acids is 1. The third-order valence-electron chi connectivity index (χ3n) is 5.21. The number of nitrogens with one attached hydrogen (secondary N) is 1. The highest BCUT2D eigenvalue weighted by atomic mass is 16.3. The van der Waals surface area contributed by atoms with Gasteiger partial charge in [-0.1, -0.05) is 36.4 Å². The fourth-order valence-corrected chi connectivity index (χ4v) is 3.78. The zero-order chi connectivity index (χ0) is 20.0. The van der Waals surface area contributed by atoms with Crippen molar-refractivity contribution in [3.8, 4) is 17.1 Å². The highest BCUT2D eigenvalue weighted by molar-refractivity contribution is 6.00. The van der Waals surface area contributed by atoms with Crippen LogP contribution in [0.2, 0.25) is 0 Å². The minimum atomic E-state index is -0.772. The maximum atomic E-state index is 13.4. The summed E-state index contributed by atoms with van der Waals surface area (Å²) in [5, 5.41) is 13.0. The van der Waals surface area contributed by atoms with Crippen LogP contribution in [0.5, 0.6) is 5.75 Å². The molecule has 0 saturated carbocycles. The molecule has 0 bridgehead atoms. The third-order valence-corrected chi connectivity index (χ3v) is 5.21. The molecule has 5 rings (SSSR count). The van der Waals surface area contributed by atoms with Crippen molar-refractivity contribution in [1.29, 1.82) is 0 Å². The topological polar surface area (TPSA) is 84.2 Å². The van der Waals surface area contributed by atoms with Crippen molar-refractivity contribution in [3.05, 3.63) is 88.7 Å². The molecule has 0 fully saturated rings. The molecule has 1 aliphatic heterocycles. The summed E-state index contributed by atoms with van der Waals surface area (Å²) in [7, 11) is 0. The second kappa shape index (κ2) is 6.60. The second-order valence-electron chi connectivity index (χ2n) is 7.05. The van der Waals surface area contributed by atoms with Crippen LogP contribution in [0.1, 0.15) is 11.6 Å². The van der Waals surface area contributed by atoms with Crippen LogP contribution in [0.3, 0.4) is 0 Å². The normalized spacial score (nSPS) is 15.3. The molecule has 29 heavy (non-hydrogen) atoms. The standard InChI is InChI=1S/C23H17N3O3/c27-15-11-9-14(10-12-15)13-20-22(28)25-18-7-3-1-5-16(18)21-24-19-8-4-2-6-17(19)23(29)26(20)21/h1-12,20,27H,13H2,(H,25,28)/t20-/m1/s1. The summed E-state index contributed by atoms with van der Waals surface area (Å²) in [5.41, 5.74) is 2.51. The van der Waals surface area contributed by atoms with Gasteiger partial charge in [-0.15, -0.1) is 0 Å². The van der Waals surface area contributed by atoms with Crippen LogP contribution in [0, 0.1) is 0 Å². The van der Waals surface area contributed by atoms with Crippen LogP contribution >= 0.6 is 0 Å². The van der Waals surface area contributed by atoms with Crippen molar-refractivity contribution in [2.75, 3.05) is 5.32 Å². The molecule has 4 aromatic rings. The molecule has 1 atom stereocenters. The number of nitrogens with zero attached hydrogens (tertiary/aromatic N) is 2. The number of fused-ring (bicyclic) bond motifs is 4. The first-order valence-corrected chi connectivity index (χ1v) is 9.31. The summed E-state index contributed by atoms with van der Waals surface area (Å²) in [6, 6.07) is 20.4. The Labute approximate surface area is 166 Å². The number of hydrogen-bond donors (Lipinski definition) is 2. The predicted molar refractivity (Wildman–Crippen MR) is 111 cm³/mol. The Morgan fingerprint density at radius 3 is 2.48 bits per heavy atom. The van der Waals surface area contributed by atoms with Crippen molar-refractivity contribution in [2.45, 2.75) is 12.5 Å². The molecular formula is C23H17N3O3. The number of amides is 1. The second-order valence-corrected chi connectivity index (χ2v) is 7.05. The minimum absolute atomic E-state index is 0.150. The zero-order valence-corrected chi connectivity index (χ0v) is 15.4. The molecule has 6 nitrogen and oxygen atoms in total. The molecule has 0 spiro atoms. The van der Waals surface area contributed by atoms with Crippen molar-refractivity contribution >= 4 is 22.5 Å². The van der Waals surface area contributed by atoms with Crippen molar-refractivity contribution in [1.82, 2.24) is 9.55 Å². The molecule has 6 heteroatoms. The van der Waals surface area contributed by atoms with Crippen LogP contribution in [-0.2, 0) is 11.2 Å². The average molecular weight is 383 g/mol. The SMILES string of the molecule is O=C1Nc2ccccc2-c2nc3ccccc3c(=O)n2[C@@H]1Cc1ccc(O)cc1. The van der Waals surface area contributed by atoms with E-state index >= 15 is 0 Å². The van der Waals surface area contributed by atoms with Gasteiger partial charge in [0.2, 0.25) is 5.91 Å². The van der Waals surface area contributed by atoms with E-state index in [1.807, 2.05) is 30.3 Å². The smallest absolute Gasteiger partial charge is 0.262 e. The first kappa shape index (κ1) is 17.2. The van der Waals surface area contributed by atoms with E-state index in [1.54, 1.807) is 42.5 Å². The molecule has 0 aliphatic carbocycles. The summed E-state index contributed by atoms with van der Waals surface area (Å²) in [6.07, 6.45) is 0.299. The van der Waals surface area contributed by atoms with Gasteiger partial charge in [0, 0.05) is 12.0 Å². The van der Waals surface area contributed by atoms with Crippen LogP contribution in [0.15, 0.2) is 77.6 Å². The van der Waals surface area contributed by atoms with E-state index in [2.05, 4.69) is 5.32 Å². The Morgan fingerprint density at radius 1 is 0.931 bits per heavy atom. The Hall–Kier alpha value is -3.93. The largest absolute Gasteiger partial charge is 0.508 e. The fourth-order valence-electron chi connectivity index (χ4n) is 3.78. The number of anilines is 1. The lowest BCUT2D eigenvalue weighted by molar-refractivity contribution is -0.119. The van der Waals surface area contributed by atoms with E-state index in [1.165, 1.54) is 4.57 Å². The Morgan fingerprint density at radius 2 is 1.66 bits per heavy atom. The molecule has 2 N–H and O–H groups in total. The van der Waals surface area contributed by atoms with E-state index in [0.29, 0.717) is 34.4 Å². The molecule has 3 aromatic carbocycles. The maximum Gasteiger partial charge on any atom is 0.262 e. The molecule has 0 radical (unpaired) electrons. The highest BCUT2D eigenvalue weighted by Gasteiger charge is 2.31. The average Bonchev–Trinajstić information content (AvgIpc) is 2.85. The monoisotopic (exact) mass is 383 g/mol. The van der Waals surface area contributed by atoms with Crippen LogP contribution in [0.25, 0.3) is 22.3 Å². The molecule has 2 heterocycles. The van der Waals surface area contributed by atoms with E-state index in [0.717, 1.165) is 5.56 Å². The van der Waals surface area contributed by atoms with Gasteiger partial charge < -0.3 is 10.4 Å². The lowest BCUT2D eigenvalue weighted by Crippen LogP contribution is -2.34. The minimum Gasteiger partial charge on any atom is -0.508 e. The molecular weight excluding hydrogens is 366 g/mol. The number of aromatic nitrogens is 2. The molecule has 1 aromatic heterocycles. The van der Waals surface area contributed by atoms with Gasteiger partial charge in [0.15, 0.2) is 0 Å². The Balaban J connectivity index is 1.78. The van der Waals surface area contributed by atoms with E-state index in [-0.39, 0.29) is 17.2 Å². The molecule has 1 amide bonds. The van der Waals surface area contributed by atoms with E-state index in [9.17, 15) is 14.7 Å². The number of phenolic OH excluding ortho intramolecular Hbond substituents is 1. The van der Waals surface area contributed by atoms with Gasteiger partial charge >= 0.3 is 0 Å². The first-order valence-electron chi connectivity index (χ1n) is 9.31. The fraction of sp³-hybridized carbons (Fsp3) is 0.0870. The molecule has 0 saturated heterocycles. The summed E-state index contributed by atoms with van der Waals surface area (Å²) in [5.74, 6) is 0.339. The lowest BCUT2D eigenvalue weighted by Gasteiger charge is -2.19. The van der Waals surface area contributed by atoms with Gasteiger partial charge in [0.25, 0.3) is 5.56 Å². The van der Waals surface area contributed by atoms with Gasteiger partial charge in [-0.25, -0.2) is 4.98 Å². The predicted octanol–water partition coefficient (Wildman–Crippen LogP) is 3.51. The van der Waals surface area contributed by atoms with Gasteiger partial charge in [0.1, 0.15) is 17.6 Å². The lowest BCUT2D eigenvalue weighted by atomic mass is 10.0. The van der Waals surface area contributed by atoms with Gasteiger partial charge in [0.05, 0.1) is 16.6 Å². The first-order chi connectivity index (χ1) is 14.1. The van der Waals surface area contributed by atoms with Crippen LogP contribution in [-0.4, -0.2) is 20.6 Å². The number of rotatable bonds is 2. The molecule has 0 unspecified atom stereocenters. The summed E-state index contributed by atoms with van der Waals surface area (Å²) in [4.78, 5) is 31.3. The third kappa shape index (κ3) is 2.86. The van der Waals surface area contributed by atoms with Gasteiger partial charge in [-0.3, -0.25) is 14.2 Å². The van der Waals surface area contributed by atoms with Crippen LogP contribution < -0.4 is 10.9 Å². The number of benzene rings is 3. The number of para-hydroxylation sites is 2. The van der Waals surface area contributed by atoms with Crippen molar-refractivity contribution in [3.63, 3.8) is 0 Å². The maximum absolute atomic E-state index is 13.4. The number of carbonyl (C=O) groups is 1. The van der Waals surface area contributed by atoms with E-state index < -0.39 is 6.04 Å². The van der Waals surface area contributed by atoms with Gasteiger partial charge in [-0.05, 0) is 42.0 Å². The molecule has 142 valence electrons. The van der Waals surface area contributed by atoms with Crippen LogP contribution in [0.4, 0.5) is 5.69 Å². The number of aromatic hydroxyl groups is 1. The number of phenols is 1. The number of hydrogen-bond acceptors (Lipinski definition) is 4. The van der Waals surface area contributed by atoms with Crippen molar-refractivity contribution < 1.29 is 9.90 Å². The quantitative estimate of drug-likeness (QED) is 0.555. The zero-order valence-electron chi connectivity index (χ0n) is 15.4. The summed E-state index contributed by atoms with van der Waals surface area (Å²) in [6.45, 7) is 0. The molecule has 1 aliphatic rings. The summed E-state index contributed by atoms with van der Waals surface area (Å²) < 4.78 is 1.50.